The smallest absolute Gasteiger partial charge is 0.257 e. The van der Waals surface area contributed by atoms with Gasteiger partial charge in [0.2, 0.25) is 0 Å². The SMILES string of the molecule is CNC(=O)COc1ccc(Br)c(CNC(C)C)c1. The highest BCUT2D eigenvalue weighted by atomic mass is 79.9. The van der Waals surface area contributed by atoms with Gasteiger partial charge in [0.05, 0.1) is 0 Å². The average Bonchev–Trinajstić information content (AvgIpc) is 2.35. The third-order valence-electron chi connectivity index (χ3n) is 2.37. The van der Waals surface area contributed by atoms with E-state index >= 15 is 0 Å². The molecule has 100 valence electrons. The molecular weight excluding hydrogens is 296 g/mol. The Labute approximate surface area is 116 Å². The molecule has 0 fully saturated rings. The summed E-state index contributed by atoms with van der Waals surface area (Å²) in [5.41, 5.74) is 1.11. The van der Waals surface area contributed by atoms with E-state index in [1.165, 1.54) is 0 Å². The van der Waals surface area contributed by atoms with Crippen molar-refractivity contribution in [1.82, 2.24) is 10.6 Å². The highest BCUT2D eigenvalue weighted by Gasteiger charge is 2.05. The second-order valence-electron chi connectivity index (χ2n) is 4.25. The second kappa shape index (κ2) is 7.38. The van der Waals surface area contributed by atoms with Crippen molar-refractivity contribution in [3.63, 3.8) is 0 Å². The van der Waals surface area contributed by atoms with Crippen LogP contribution in [-0.2, 0) is 11.3 Å². The van der Waals surface area contributed by atoms with Crippen LogP contribution in [0.15, 0.2) is 22.7 Å². The van der Waals surface area contributed by atoms with Crippen molar-refractivity contribution < 1.29 is 9.53 Å². The molecule has 0 spiro atoms. The maximum atomic E-state index is 11.1. The van der Waals surface area contributed by atoms with E-state index in [4.69, 9.17) is 4.74 Å². The highest BCUT2D eigenvalue weighted by Crippen LogP contribution is 2.22. The molecule has 2 N–H and O–H groups in total. The molecule has 1 aromatic rings. The summed E-state index contributed by atoms with van der Waals surface area (Å²) in [5.74, 6) is 0.558. The minimum atomic E-state index is -0.139. The number of carbonyl (C=O) groups excluding carboxylic acids is 1. The van der Waals surface area contributed by atoms with Crippen molar-refractivity contribution in [2.75, 3.05) is 13.7 Å². The van der Waals surface area contributed by atoms with Gasteiger partial charge in [0.25, 0.3) is 5.91 Å². The molecule has 0 unspecified atom stereocenters. The van der Waals surface area contributed by atoms with Gasteiger partial charge in [-0.25, -0.2) is 0 Å². The number of benzene rings is 1. The second-order valence-corrected chi connectivity index (χ2v) is 5.11. The summed E-state index contributed by atoms with van der Waals surface area (Å²) in [6, 6.07) is 6.12. The van der Waals surface area contributed by atoms with E-state index in [-0.39, 0.29) is 12.5 Å². The number of hydrogen-bond acceptors (Lipinski definition) is 3. The van der Waals surface area contributed by atoms with Crippen LogP contribution in [0, 0.1) is 0 Å². The van der Waals surface area contributed by atoms with E-state index in [0.717, 1.165) is 16.6 Å². The van der Waals surface area contributed by atoms with Crippen LogP contribution in [0.4, 0.5) is 0 Å². The third kappa shape index (κ3) is 5.06. The normalized spacial score (nSPS) is 10.5. The van der Waals surface area contributed by atoms with Gasteiger partial charge in [0.1, 0.15) is 5.75 Å². The zero-order chi connectivity index (χ0) is 13.5. The Balaban J connectivity index is 2.65. The Morgan fingerprint density at radius 2 is 2.17 bits per heavy atom. The zero-order valence-electron chi connectivity index (χ0n) is 10.9. The molecule has 0 aromatic heterocycles. The number of rotatable bonds is 6. The van der Waals surface area contributed by atoms with E-state index in [1.807, 2.05) is 18.2 Å². The van der Waals surface area contributed by atoms with E-state index in [2.05, 4.69) is 40.4 Å². The summed E-state index contributed by atoms with van der Waals surface area (Å²) < 4.78 is 6.43. The lowest BCUT2D eigenvalue weighted by atomic mass is 10.2. The molecule has 1 rings (SSSR count). The summed E-state index contributed by atoms with van der Waals surface area (Å²) in [4.78, 5) is 11.1. The molecule has 18 heavy (non-hydrogen) atoms. The average molecular weight is 315 g/mol. The minimum absolute atomic E-state index is 0.0369. The first-order valence-corrected chi connectivity index (χ1v) is 6.67. The fraction of sp³-hybridized carbons (Fsp3) is 0.462. The largest absolute Gasteiger partial charge is 0.484 e. The number of hydrogen-bond donors (Lipinski definition) is 2. The maximum Gasteiger partial charge on any atom is 0.257 e. The molecule has 0 bridgehead atoms. The van der Waals surface area contributed by atoms with Crippen LogP contribution in [0.2, 0.25) is 0 Å². The molecule has 0 radical (unpaired) electrons. The van der Waals surface area contributed by atoms with Crippen LogP contribution in [-0.4, -0.2) is 25.6 Å². The lowest BCUT2D eigenvalue weighted by molar-refractivity contribution is -0.122. The molecule has 5 heteroatoms. The molecule has 0 aliphatic heterocycles. The molecule has 1 amide bonds. The van der Waals surface area contributed by atoms with Crippen molar-refractivity contribution in [3.8, 4) is 5.75 Å². The van der Waals surface area contributed by atoms with Crippen LogP contribution in [0.25, 0.3) is 0 Å². The maximum absolute atomic E-state index is 11.1. The van der Waals surface area contributed by atoms with Crippen LogP contribution < -0.4 is 15.4 Å². The van der Waals surface area contributed by atoms with Crippen LogP contribution in [0.1, 0.15) is 19.4 Å². The molecule has 0 saturated carbocycles. The Hall–Kier alpha value is -1.07. The molecule has 0 heterocycles. The Morgan fingerprint density at radius 1 is 1.44 bits per heavy atom. The predicted molar refractivity (Wildman–Crippen MR) is 75.7 cm³/mol. The van der Waals surface area contributed by atoms with Gasteiger partial charge in [-0.15, -0.1) is 0 Å². The van der Waals surface area contributed by atoms with Crippen molar-refractivity contribution in [3.05, 3.63) is 28.2 Å². The fourth-order valence-electron chi connectivity index (χ4n) is 1.31. The molecular formula is C13H19BrN2O2. The van der Waals surface area contributed by atoms with Gasteiger partial charge in [0, 0.05) is 24.1 Å². The van der Waals surface area contributed by atoms with Gasteiger partial charge >= 0.3 is 0 Å². The third-order valence-corrected chi connectivity index (χ3v) is 3.14. The van der Waals surface area contributed by atoms with Gasteiger partial charge in [-0.2, -0.15) is 0 Å². The summed E-state index contributed by atoms with van der Waals surface area (Å²) in [5, 5.41) is 5.86. The van der Waals surface area contributed by atoms with Gasteiger partial charge in [-0.05, 0) is 23.8 Å². The fourth-order valence-corrected chi connectivity index (χ4v) is 1.70. The first-order valence-electron chi connectivity index (χ1n) is 5.88. The first kappa shape index (κ1) is 15.0. The Bertz CT molecular complexity index is 408. The standard InChI is InChI=1S/C13H19BrN2O2/c1-9(2)16-7-10-6-11(4-5-12(10)14)18-8-13(17)15-3/h4-6,9,16H,7-8H2,1-3H3,(H,15,17). The predicted octanol–water partition coefficient (Wildman–Crippen LogP) is 2.07. The summed E-state index contributed by atoms with van der Waals surface area (Å²) in [7, 11) is 1.59. The van der Waals surface area contributed by atoms with Gasteiger partial charge in [-0.3, -0.25) is 4.79 Å². The van der Waals surface area contributed by atoms with Gasteiger partial charge < -0.3 is 15.4 Å². The van der Waals surface area contributed by atoms with Crippen molar-refractivity contribution >= 4 is 21.8 Å². The van der Waals surface area contributed by atoms with E-state index in [1.54, 1.807) is 7.05 Å². The van der Waals surface area contributed by atoms with Crippen LogP contribution in [0.3, 0.4) is 0 Å². The number of halogens is 1. The Morgan fingerprint density at radius 3 is 2.78 bits per heavy atom. The molecule has 0 aliphatic rings. The molecule has 0 aliphatic carbocycles. The summed E-state index contributed by atoms with van der Waals surface area (Å²) in [6.45, 7) is 4.99. The number of amides is 1. The van der Waals surface area contributed by atoms with Crippen molar-refractivity contribution in [1.29, 1.82) is 0 Å². The minimum Gasteiger partial charge on any atom is -0.484 e. The molecule has 0 saturated heterocycles. The quantitative estimate of drug-likeness (QED) is 0.845. The van der Waals surface area contributed by atoms with Gasteiger partial charge in [-0.1, -0.05) is 29.8 Å². The number of nitrogens with one attached hydrogen (secondary N) is 2. The van der Waals surface area contributed by atoms with Gasteiger partial charge in [0.15, 0.2) is 6.61 Å². The summed E-state index contributed by atoms with van der Waals surface area (Å²) in [6.07, 6.45) is 0. The van der Waals surface area contributed by atoms with Crippen molar-refractivity contribution in [2.24, 2.45) is 0 Å². The molecule has 1 aromatic carbocycles. The van der Waals surface area contributed by atoms with E-state index < -0.39 is 0 Å². The first-order chi connectivity index (χ1) is 8.52. The monoisotopic (exact) mass is 314 g/mol. The van der Waals surface area contributed by atoms with Crippen LogP contribution in [0.5, 0.6) is 5.75 Å². The van der Waals surface area contributed by atoms with Crippen molar-refractivity contribution in [2.45, 2.75) is 26.4 Å². The summed E-state index contributed by atoms with van der Waals surface area (Å²) >= 11 is 3.50. The number of ether oxygens (including phenoxy) is 1. The van der Waals surface area contributed by atoms with Crippen LogP contribution >= 0.6 is 15.9 Å². The lowest BCUT2D eigenvalue weighted by Crippen LogP contribution is -2.25. The molecule has 0 atom stereocenters. The molecule has 4 nitrogen and oxygen atoms in total. The number of carbonyl (C=O) groups is 1. The number of likely N-dealkylation sites (N-methyl/N-ethyl adjacent to an activating group) is 1. The lowest BCUT2D eigenvalue weighted by Gasteiger charge is -2.12. The Kier molecular flexibility index (Phi) is 6.15. The zero-order valence-corrected chi connectivity index (χ0v) is 12.5. The highest BCUT2D eigenvalue weighted by molar-refractivity contribution is 9.10. The topological polar surface area (TPSA) is 50.4 Å². The van der Waals surface area contributed by atoms with E-state index in [0.29, 0.717) is 11.8 Å². The van der Waals surface area contributed by atoms with E-state index in [9.17, 15) is 4.79 Å².